The number of rotatable bonds is 7. The van der Waals surface area contributed by atoms with Gasteiger partial charge >= 0.3 is 0 Å². The Kier molecular flexibility index (Phi) is 5.51. The van der Waals surface area contributed by atoms with Crippen LogP contribution in [0.3, 0.4) is 0 Å². The molecule has 0 aliphatic carbocycles. The predicted molar refractivity (Wildman–Crippen MR) is 109 cm³/mol. The summed E-state index contributed by atoms with van der Waals surface area (Å²) in [5, 5.41) is 3.64. The molecule has 1 aliphatic rings. The van der Waals surface area contributed by atoms with Crippen LogP contribution in [0.2, 0.25) is 0 Å². The normalized spacial score (nSPS) is 19.4. The van der Waals surface area contributed by atoms with Crippen LogP contribution in [0.5, 0.6) is 0 Å². The Morgan fingerprint density at radius 3 is 2.79 bits per heavy atom. The number of carbonyl (C=O) groups is 1. The summed E-state index contributed by atoms with van der Waals surface area (Å²) in [6, 6.07) is 12.1. The maximum atomic E-state index is 10.9. The SMILES string of the molecule is COCC(OC=O)OC1Cc2ccn3c(C)c(C)nc3c2NC1c1ccccc1. The van der Waals surface area contributed by atoms with Gasteiger partial charge in [-0.05, 0) is 31.0 Å². The molecule has 152 valence electrons. The molecule has 7 heteroatoms. The highest BCUT2D eigenvalue weighted by Gasteiger charge is 2.34. The van der Waals surface area contributed by atoms with Crippen LogP contribution >= 0.6 is 0 Å². The maximum absolute atomic E-state index is 10.9. The minimum absolute atomic E-state index is 0.123. The molecule has 3 atom stereocenters. The van der Waals surface area contributed by atoms with Crippen LogP contribution in [-0.2, 0) is 25.4 Å². The van der Waals surface area contributed by atoms with Gasteiger partial charge in [-0.15, -0.1) is 0 Å². The fourth-order valence-electron chi connectivity index (χ4n) is 3.88. The summed E-state index contributed by atoms with van der Waals surface area (Å²) in [4.78, 5) is 15.6. The van der Waals surface area contributed by atoms with Crippen molar-refractivity contribution in [2.45, 2.75) is 38.7 Å². The van der Waals surface area contributed by atoms with E-state index in [9.17, 15) is 4.79 Å². The molecule has 29 heavy (non-hydrogen) atoms. The zero-order valence-corrected chi connectivity index (χ0v) is 16.8. The van der Waals surface area contributed by atoms with Crippen molar-refractivity contribution in [3.05, 3.63) is 65.1 Å². The summed E-state index contributed by atoms with van der Waals surface area (Å²) in [7, 11) is 1.55. The molecule has 0 spiro atoms. The van der Waals surface area contributed by atoms with Crippen LogP contribution in [0.1, 0.15) is 28.6 Å². The number of hydrogen-bond donors (Lipinski definition) is 1. The summed E-state index contributed by atoms with van der Waals surface area (Å²) in [5.41, 5.74) is 6.26. The number of hydrogen-bond acceptors (Lipinski definition) is 6. The molecule has 0 amide bonds. The Balaban J connectivity index is 1.74. The summed E-state index contributed by atoms with van der Waals surface area (Å²) < 4.78 is 18.5. The lowest BCUT2D eigenvalue weighted by molar-refractivity contribution is -0.192. The van der Waals surface area contributed by atoms with Gasteiger partial charge in [0.1, 0.15) is 6.61 Å². The molecule has 2 aromatic heterocycles. The van der Waals surface area contributed by atoms with Crippen molar-refractivity contribution >= 4 is 17.8 Å². The summed E-state index contributed by atoms with van der Waals surface area (Å²) >= 11 is 0. The Bertz CT molecular complexity index is 1000. The van der Waals surface area contributed by atoms with Crippen LogP contribution in [-0.4, -0.2) is 42.0 Å². The minimum atomic E-state index is -0.767. The van der Waals surface area contributed by atoms with Crippen molar-refractivity contribution in [3.63, 3.8) is 0 Å². The number of anilines is 1. The smallest absolute Gasteiger partial charge is 0.295 e. The van der Waals surface area contributed by atoms with Gasteiger partial charge in [-0.1, -0.05) is 30.3 Å². The lowest BCUT2D eigenvalue weighted by Crippen LogP contribution is -2.39. The van der Waals surface area contributed by atoms with Gasteiger partial charge in [-0.25, -0.2) is 4.98 Å². The quantitative estimate of drug-likeness (QED) is 0.489. The van der Waals surface area contributed by atoms with Gasteiger partial charge in [0.15, 0.2) is 5.65 Å². The number of pyridine rings is 1. The second-order valence-electron chi connectivity index (χ2n) is 7.22. The molecule has 3 aromatic rings. The largest absolute Gasteiger partial charge is 0.435 e. The van der Waals surface area contributed by atoms with Gasteiger partial charge < -0.3 is 23.9 Å². The molecule has 1 N–H and O–H groups in total. The fraction of sp³-hybridized carbons (Fsp3) is 0.364. The van der Waals surface area contributed by atoms with Gasteiger partial charge in [0.2, 0.25) is 6.29 Å². The van der Waals surface area contributed by atoms with E-state index in [4.69, 9.17) is 19.2 Å². The highest BCUT2D eigenvalue weighted by molar-refractivity contribution is 5.74. The van der Waals surface area contributed by atoms with Gasteiger partial charge in [-0.2, -0.15) is 0 Å². The van der Waals surface area contributed by atoms with E-state index in [2.05, 4.69) is 34.8 Å². The first-order valence-corrected chi connectivity index (χ1v) is 9.64. The second kappa shape index (κ2) is 8.23. The molecule has 0 bridgehead atoms. The third-order valence-electron chi connectivity index (χ3n) is 5.44. The van der Waals surface area contributed by atoms with Crippen LogP contribution in [0.15, 0.2) is 42.6 Å². The standard InChI is InChI=1S/C22H25N3O4/c1-14-15(2)25-10-9-17-11-18(29-19(12-27-3)28-13-26)20(16-7-5-4-6-8-16)24-21(17)22(25)23-14/h4-10,13,18-20,24H,11-12H2,1-3H3. The number of aryl methyl sites for hydroxylation is 2. The van der Waals surface area contributed by atoms with E-state index in [-0.39, 0.29) is 18.8 Å². The van der Waals surface area contributed by atoms with Crippen molar-refractivity contribution in [1.82, 2.24) is 9.38 Å². The Morgan fingerprint density at radius 1 is 1.28 bits per heavy atom. The molecular weight excluding hydrogens is 370 g/mol. The van der Waals surface area contributed by atoms with Crippen molar-refractivity contribution in [1.29, 1.82) is 0 Å². The number of fused-ring (bicyclic) bond motifs is 3. The molecule has 1 aromatic carbocycles. The topological polar surface area (TPSA) is 74.1 Å². The minimum Gasteiger partial charge on any atom is -0.435 e. The summed E-state index contributed by atoms with van der Waals surface area (Å²) in [6.45, 7) is 4.65. The zero-order valence-electron chi connectivity index (χ0n) is 16.8. The average molecular weight is 395 g/mol. The molecule has 0 radical (unpaired) electrons. The van der Waals surface area contributed by atoms with E-state index in [1.54, 1.807) is 7.11 Å². The fourth-order valence-corrected chi connectivity index (χ4v) is 3.88. The van der Waals surface area contributed by atoms with Gasteiger partial charge in [0.05, 0.1) is 23.5 Å². The highest BCUT2D eigenvalue weighted by Crippen LogP contribution is 2.37. The summed E-state index contributed by atoms with van der Waals surface area (Å²) in [5.74, 6) is 0. The van der Waals surface area contributed by atoms with Crippen molar-refractivity contribution < 1.29 is 19.0 Å². The van der Waals surface area contributed by atoms with Crippen LogP contribution in [0, 0.1) is 13.8 Å². The van der Waals surface area contributed by atoms with Crippen LogP contribution in [0.4, 0.5) is 5.69 Å². The molecular formula is C22H25N3O4. The molecule has 1 aliphatic heterocycles. The van der Waals surface area contributed by atoms with Gasteiger partial charge in [-0.3, -0.25) is 4.79 Å². The van der Waals surface area contributed by atoms with E-state index in [1.165, 1.54) is 0 Å². The van der Waals surface area contributed by atoms with E-state index in [0.717, 1.165) is 33.8 Å². The molecule has 0 saturated carbocycles. The monoisotopic (exact) mass is 395 g/mol. The Labute approximate surface area is 169 Å². The number of imidazole rings is 1. The Hall–Kier alpha value is -2.90. The van der Waals surface area contributed by atoms with E-state index >= 15 is 0 Å². The first kappa shape index (κ1) is 19.4. The number of nitrogens with one attached hydrogen (secondary N) is 1. The van der Waals surface area contributed by atoms with Crippen molar-refractivity contribution in [2.24, 2.45) is 0 Å². The molecule has 4 rings (SSSR count). The third kappa shape index (κ3) is 3.71. The number of nitrogens with zero attached hydrogens (tertiary/aromatic N) is 2. The molecule has 3 unspecified atom stereocenters. The van der Waals surface area contributed by atoms with E-state index < -0.39 is 6.29 Å². The molecule has 0 fully saturated rings. The number of methoxy groups -OCH3 is 1. The molecule has 7 nitrogen and oxygen atoms in total. The Morgan fingerprint density at radius 2 is 2.07 bits per heavy atom. The molecule has 3 heterocycles. The third-order valence-corrected chi connectivity index (χ3v) is 5.44. The van der Waals surface area contributed by atoms with E-state index in [1.807, 2.05) is 31.3 Å². The average Bonchev–Trinajstić information content (AvgIpc) is 3.03. The zero-order chi connectivity index (χ0) is 20.4. The van der Waals surface area contributed by atoms with Crippen molar-refractivity contribution in [3.8, 4) is 0 Å². The predicted octanol–water partition coefficient (Wildman–Crippen LogP) is 3.19. The highest BCUT2D eigenvalue weighted by atomic mass is 16.7. The van der Waals surface area contributed by atoms with Gasteiger partial charge in [0.25, 0.3) is 6.47 Å². The number of ether oxygens (including phenoxy) is 3. The van der Waals surface area contributed by atoms with Crippen molar-refractivity contribution in [2.75, 3.05) is 19.0 Å². The first-order chi connectivity index (χ1) is 14.1. The first-order valence-electron chi connectivity index (χ1n) is 9.64. The lowest BCUT2D eigenvalue weighted by Gasteiger charge is -2.36. The molecule has 0 saturated heterocycles. The number of benzene rings is 1. The second-order valence-corrected chi connectivity index (χ2v) is 7.22. The lowest BCUT2D eigenvalue weighted by atomic mass is 9.91. The van der Waals surface area contributed by atoms with E-state index in [0.29, 0.717) is 12.9 Å². The number of carbonyl (C=O) groups excluding carboxylic acids is 1. The van der Waals surface area contributed by atoms with Gasteiger partial charge in [0, 0.05) is 25.4 Å². The van der Waals surface area contributed by atoms with Crippen LogP contribution < -0.4 is 5.32 Å². The summed E-state index contributed by atoms with van der Waals surface area (Å²) in [6.07, 6.45) is 1.69. The number of aromatic nitrogens is 2. The van der Waals surface area contributed by atoms with Crippen LogP contribution in [0.25, 0.3) is 5.65 Å². The maximum Gasteiger partial charge on any atom is 0.295 e.